The lowest BCUT2D eigenvalue weighted by Crippen LogP contribution is -2.30. The van der Waals surface area contributed by atoms with E-state index in [2.05, 4.69) is 12.2 Å². The summed E-state index contributed by atoms with van der Waals surface area (Å²) in [6.45, 7) is 2.25. The fraction of sp³-hybridized carbons (Fsp3) is 0.556. The van der Waals surface area contributed by atoms with E-state index in [0.29, 0.717) is 5.41 Å². The lowest BCUT2D eigenvalue weighted by Gasteiger charge is -2.39. The summed E-state index contributed by atoms with van der Waals surface area (Å²) < 4.78 is 5.40. The number of nitrogens with one attached hydrogen (secondary N) is 1. The molecule has 0 aromatic heterocycles. The van der Waals surface area contributed by atoms with Crippen LogP contribution in [-0.2, 0) is 4.74 Å². The lowest BCUT2D eigenvalue weighted by molar-refractivity contribution is 0.120. The van der Waals surface area contributed by atoms with Gasteiger partial charge in [-0.1, -0.05) is 13.3 Å². The van der Waals surface area contributed by atoms with Crippen LogP contribution in [0.3, 0.4) is 0 Å². The van der Waals surface area contributed by atoms with Gasteiger partial charge in [0.15, 0.2) is 0 Å². The standard InChI is InChI=1S/C9H13NO/c1-9(3-2-4-9)8-7-10-5-6-11-8/h5-7,10H,2-4H2,1H3. The third kappa shape index (κ3) is 1.02. The molecule has 1 aliphatic carbocycles. The molecule has 2 rings (SSSR count). The molecule has 0 spiro atoms. The van der Waals surface area contributed by atoms with Crippen LogP contribution < -0.4 is 5.32 Å². The van der Waals surface area contributed by atoms with Crippen LogP contribution in [0.25, 0.3) is 0 Å². The highest BCUT2D eigenvalue weighted by Gasteiger charge is 2.37. The molecule has 0 amide bonds. The summed E-state index contributed by atoms with van der Waals surface area (Å²) >= 11 is 0. The van der Waals surface area contributed by atoms with E-state index >= 15 is 0 Å². The molecule has 1 fully saturated rings. The minimum Gasteiger partial charge on any atom is -0.466 e. The minimum absolute atomic E-state index is 0.317. The molecule has 0 aromatic rings. The van der Waals surface area contributed by atoms with Crippen LogP contribution in [0.4, 0.5) is 0 Å². The summed E-state index contributed by atoms with van der Waals surface area (Å²) in [5, 5.41) is 3.04. The predicted octanol–water partition coefficient (Wildman–Crippen LogP) is 2.11. The van der Waals surface area contributed by atoms with Gasteiger partial charge in [-0.15, -0.1) is 0 Å². The molecule has 1 N–H and O–H groups in total. The summed E-state index contributed by atoms with van der Waals surface area (Å²) in [4.78, 5) is 0. The van der Waals surface area contributed by atoms with Crippen molar-refractivity contribution in [3.63, 3.8) is 0 Å². The third-order valence-corrected chi connectivity index (χ3v) is 2.63. The van der Waals surface area contributed by atoms with Gasteiger partial charge in [0.1, 0.15) is 12.0 Å². The first-order valence-electron chi connectivity index (χ1n) is 4.10. The normalized spacial score (nSPS) is 26.1. The van der Waals surface area contributed by atoms with Crippen LogP contribution in [0.1, 0.15) is 26.2 Å². The van der Waals surface area contributed by atoms with Crippen molar-refractivity contribution in [2.24, 2.45) is 5.41 Å². The SMILES string of the molecule is CC1(C2=CNC=CO2)CCC1. The second kappa shape index (κ2) is 2.29. The van der Waals surface area contributed by atoms with E-state index in [1.165, 1.54) is 19.3 Å². The van der Waals surface area contributed by atoms with E-state index < -0.39 is 0 Å². The first-order valence-corrected chi connectivity index (χ1v) is 4.10. The van der Waals surface area contributed by atoms with Gasteiger partial charge < -0.3 is 10.1 Å². The van der Waals surface area contributed by atoms with Crippen molar-refractivity contribution >= 4 is 0 Å². The van der Waals surface area contributed by atoms with E-state index in [1.807, 2.05) is 6.20 Å². The predicted molar refractivity (Wildman–Crippen MR) is 43.4 cm³/mol. The maximum Gasteiger partial charge on any atom is 0.125 e. The van der Waals surface area contributed by atoms with Crippen molar-refractivity contribution in [1.29, 1.82) is 0 Å². The molecule has 0 aromatic carbocycles. The molecule has 2 aliphatic rings. The zero-order valence-electron chi connectivity index (χ0n) is 6.76. The molecule has 0 bridgehead atoms. The Morgan fingerprint density at radius 3 is 2.82 bits per heavy atom. The zero-order valence-corrected chi connectivity index (χ0v) is 6.76. The highest BCUT2D eigenvalue weighted by Crippen LogP contribution is 2.46. The second-order valence-electron chi connectivity index (χ2n) is 3.51. The molecular weight excluding hydrogens is 138 g/mol. The van der Waals surface area contributed by atoms with Gasteiger partial charge in [-0.05, 0) is 12.8 Å². The highest BCUT2D eigenvalue weighted by molar-refractivity contribution is 5.13. The molecular formula is C9H13NO. The van der Waals surface area contributed by atoms with Crippen molar-refractivity contribution in [3.05, 3.63) is 24.4 Å². The Morgan fingerprint density at radius 1 is 1.55 bits per heavy atom. The van der Waals surface area contributed by atoms with Crippen molar-refractivity contribution < 1.29 is 4.74 Å². The average molecular weight is 151 g/mol. The first kappa shape index (κ1) is 6.77. The van der Waals surface area contributed by atoms with Gasteiger partial charge in [0.2, 0.25) is 0 Å². The number of hydrogen-bond donors (Lipinski definition) is 1. The molecule has 0 unspecified atom stereocenters. The molecule has 11 heavy (non-hydrogen) atoms. The summed E-state index contributed by atoms with van der Waals surface area (Å²) in [7, 11) is 0. The summed E-state index contributed by atoms with van der Waals surface area (Å²) in [6, 6.07) is 0. The van der Waals surface area contributed by atoms with Gasteiger partial charge in [-0.2, -0.15) is 0 Å². The van der Waals surface area contributed by atoms with E-state index in [0.717, 1.165) is 5.76 Å². The van der Waals surface area contributed by atoms with Crippen molar-refractivity contribution in [2.45, 2.75) is 26.2 Å². The van der Waals surface area contributed by atoms with E-state index in [9.17, 15) is 0 Å². The Morgan fingerprint density at radius 2 is 2.36 bits per heavy atom. The molecule has 2 heteroatoms. The smallest absolute Gasteiger partial charge is 0.125 e. The number of rotatable bonds is 1. The number of hydrogen-bond acceptors (Lipinski definition) is 2. The van der Waals surface area contributed by atoms with Crippen LogP contribution in [0.2, 0.25) is 0 Å². The highest BCUT2D eigenvalue weighted by atomic mass is 16.5. The van der Waals surface area contributed by atoms with Gasteiger partial charge in [0, 0.05) is 17.8 Å². The molecule has 1 heterocycles. The average Bonchev–Trinajstić information content (AvgIpc) is 2.02. The van der Waals surface area contributed by atoms with Crippen LogP contribution in [0.15, 0.2) is 24.4 Å². The van der Waals surface area contributed by atoms with Gasteiger partial charge in [0.05, 0.1) is 0 Å². The van der Waals surface area contributed by atoms with Gasteiger partial charge in [-0.25, -0.2) is 0 Å². The molecule has 0 radical (unpaired) electrons. The van der Waals surface area contributed by atoms with Crippen LogP contribution in [0.5, 0.6) is 0 Å². The van der Waals surface area contributed by atoms with E-state index in [-0.39, 0.29) is 0 Å². The van der Waals surface area contributed by atoms with E-state index in [4.69, 9.17) is 4.74 Å². The molecule has 0 saturated heterocycles. The lowest BCUT2D eigenvalue weighted by atomic mass is 9.69. The van der Waals surface area contributed by atoms with Crippen LogP contribution >= 0.6 is 0 Å². The van der Waals surface area contributed by atoms with Crippen molar-refractivity contribution in [1.82, 2.24) is 5.32 Å². The Labute approximate surface area is 66.9 Å². The Hall–Kier alpha value is -0.920. The van der Waals surface area contributed by atoms with Crippen LogP contribution in [0, 0.1) is 5.41 Å². The van der Waals surface area contributed by atoms with Gasteiger partial charge >= 0.3 is 0 Å². The molecule has 1 saturated carbocycles. The Bertz CT molecular complexity index is 214. The van der Waals surface area contributed by atoms with Crippen LogP contribution in [-0.4, -0.2) is 0 Å². The molecule has 0 atom stereocenters. The van der Waals surface area contributed by atoms with Gasteiger partial charge in [-0.3, -0.25) is 0 Å². The second-order valence-corrected chi connectivity index (χ2v) is 3.51. The Balaban J connectivity index is 2.09. The molecule has 1 aliphatic heterocycles. The minimum atomic E-state index is 0.317. The summed E-state index contributed by atoms with van der Waals surface area (Å²) in [5.74, 6) is 1.09. The molecule has 2 nitrogen and oxygen atoms in total. The van der Waals surface area contributed by atoms with Gasteiger partial charge in [0.25, 0.3) is 0 Å². The zero-order chi connectivity index (χ0) is 7.73. The third-order valence-electron chi connectivity index (χ3n) is 2.63. The van der Waals surface area contributed by atoms with E-state index in [1.54, 1.807) is 12.5 Å². The van der Waals surface area contributed by atoms with Crippen molar-refractivity contribution in [2.75, 3.05) is 0 Å². The number of ether oxygens (including phenoxy) is 1. The fourth-order valence-corrected chi connectivity index (χ4v) is 1.57. The quantitative estimate of drug-likeness (QED) is 0.619. The molecule has 60 valence electrons. The monoisotopic (exact) mass is 151 g/mol. The largest absolute Gasteiger partial charge is 0.466 e. The maximum absolute atomic E-state index is 5.40. The fourth-order valence-electron chi connectivity index (χ4n) is 1.57. The number of allylic oxidation sites excluding steroid dienone is 1. The Kier molecular flexibility index (Phi) is 1.41. The van der Waals surface area contributed by atoms with Crippen molar-refractivity contribution in [3.8, 4) is 0 Å². The summed E-state index contributed by atoms with van der Waals surface area (Å²) in [5.41, 5.74) is 0.317. The maximum atomic E-state index is 5.40. The first-order chi connectivity index (χ1) is 5.31. The topological polar surface area (TPSA) is 21.3 Å². The summed E-state index contributed by atoms with van der Waals surface area (Å²) in [6.07, 6.45) is 9.31.